The molecule has 5 nitrogen and oxygen atoms in total. The van der Waals surface area contributed by atoms with Gasteiger partial charge >= 0.3 is 0 Å². The van der Waals surface area contributed by atoms with Gasteiger partial charge in [-0.15, -0.1) is 5.11 Å². The van der Waals surface area contributed by atoms with Crippen molar-refractivity contribution < 1.29 is 4.79 Å². The molecule has 1 aromatic rings. The molecule has 1 amide bonds. The first kappa shape index (κ1) is 9.77. The highest BCUT2D eigenvalue weighted by molar-refractivity contribution is 6.29. The van der Waals surface area contributed by atoms with Crippen LogP contribution in [0.1, 0.15) is 5.56 Å². The fraction of sp³-hybridized carbons (Fsp3) is 0.0833. The number of fused-ring (bicyclic) bond motifs is 1. The molecule has 2 aliphatic heterocycles. The third kappa shape index (κ3) is 1.82. The fourth-order valence-electron chi connectivity index (χ4n) is 1.67. The van der Waals surface area contributed by atoms with Gasteiger partial charge in [-0.3, -0.25) is 4.79 Å². The summed E-state index contributed by atoms with van der Waals surface area (Å²) in [5, 5.41) is 7.44. The van der Waals surface area contributed by atoms with E-state index in [1.165, 1.54) is 6.20 Å². The Hall–Kier alpha value is -2.43. The average molecular weight is 224 g/mol. The van der Waals surface area contributed by atoms with Crippen LogP contribution in [0.25, 0.3) is 0 Å². The quantitative estimate of drug-likeness (QED) is 0.756. The van der Waals surface area contributed by atoms with Crippen LogP contribution in [0.4, 0.5) is 0 Å². The molecule has 17 heavy (non-hydrogen) atoms. The molecule has 82 valence electrons. The van der Waals surface area contributed by atoms with Gasteiger partial charge in [0.05, 0.1) is 6.20 Å². The summed E-state index contributed by atoms with van der Waals surface area (Å²) < 4.78 is 0. The Morgan fingerprint density at radius 1 is 1.06 bits per heavy atom. The second-order valence-electron chi connectivity index (χ2n) is 3.69. The predicted octanol–water partition coefficient (Wildman–Crippen LogP) is 1.92. The van der Waals surface area contributed by atoms with Crippen molar-refractivity contribution in [2.45, 2.75) is 6.42 Å². The summed E-state index contributed by atoms with van der Waals surface area (Å²) in [4.78, 5) is 19.7. The summed E-state index contributed by atoms with van der Waals surface area (Å²) in [5.74, 6) is 0.538. The van der Waals surface area contributed by atoms with Gasteiger partial charge in [0.1, 0.15) is 11.4 Å². The molecule has 0 radical (unpaired) electrons. The Bertz CT molecular complexity index is 596. The maximum atomic E-state index is 11.6. The SMILES string of the molecule is O=C1N=C(Cc2ccccc2)N=C2N=NC=C12. The largest absolute Gasteiger partial charge is 0.284 e. The molecule has 5 heteroatoms. The number of aliphatic imine (C=N–C) groups is 2. The van der Waals surface area contributed by atoms with Crippen LogP contribution in [-0.4, -0.2) is 17.6 Å². The smallest absolute Gasteiger partial charge is 0.266 e. The van der Waals surface area contributed by atoms with Gasteiger partial charge in [-0.1, -0.05) is 30.3 Å². The van der Waals surface area contributed by atoms with Gasteiger partial charge in [0, 0.05) is 6.42 Å². The van der Waals surface area contributed by atoms with E-state index >= 15 is 0 Å². The minimum Gasteiger partial charge on any atom is -0.266 e. The molecule has 0 unspecified atom stereocenters. The predicted molar refractivity (Wildman–Crippen MR) is 63.0 cm³/mol. The monoisotopic (exact) mass is 224 g/mol. The van der Waals surface area contributed by atoms with Gasteiger partial charge < -0.3 is 0 Å². The van der Waals surface area contributed by atoms with Crippen LogP contribution in [-0.2, 0) is 11.2 Å². The second-order valence-corrected chi connectivity index (χ2v) is 3.69. The summed E-state index contributed by atoms with van der Waals surface area (Å²) in [6.07, 6.45) is 1.92. The number of nitrogens with zero attached hydrogens (tertiary/aromatic N) is 4. The molecular weight excluding hydrogens is 216 g/mol. The molecular formula is C12H8N4O. The zero-order chi connectivity index (χ0) is 11.7. The van der Waals surface area contributed by atoms with Crippen molar-refractivity contribution >= 4 is 17.6 Å². The average Bonchev–Trinajstić information content (AvgIpc) is 2.79. The lowest BCUT2D eigenvalue weighted by molar-refractivity contribution is -0.113. The van der Waals surface area contributed by atoms with Crippen molar-refractivity contribution in [3.63, 3.8) is 0 Å². The minimum absolute atomic E-state index is 0.314. The van der Waals surface area contributed by atoms with Crippen molar-refractivity contribution in [2.24, 2.45) is 20.2 Å². The number of azo groups is 1. The van der Waals surface area contributed by atoms with Crippen molar-refractivity contribution in [2.75, 3.05) is 0 Å². The first-order chi connectivity index (χ1) is 8.33. The summed E-state index contributed by atoms with van der Waals surface area (Å²) in [6.45, 7) is 0. The molecule has 2 heterocycles. The van der Waals surface area contributed by atoms with Crippen LogP contribution in [0.3, 0.4) is 0 Å². The van der Waals surface area contributed by atoms with E-state index in [9.17, 15) is 4.79 Å². The lowest BCUT2D eigenvalue weighted by Crippen LogP contribution is -2.17. The number of carbonyl (C=O) groups is 1. The van der Waals surface area contributed by atoms with Gasteiger partial charge in [0.2, 0.25) is 0 Å². The van der Waals surface area contributed by atoms with Crippen LogP contribution in [0.5, 0.6) is 0 Å². The van der Waals surface area contributed by atoms with E-state index in [-0.39, 0.29) is 5.91 Å². The zero-order valence-electron chi connectivity index (χ0n) is 8.87. The fourth-order valence-corrected chi connectivity index (χ4v) is 1.67. The Balaban J connectivity index is 1.89. The minimum atomic E-state index is -0.314. The Morgan fingerprint density at radius 3 is 2.71 bits per heavy atom. The third-order valence-corrected chi connectivity index (χ3v) is 2.48. The number of amides is 1. The summed E-state index contributed by atoms with van der Waals surface area (Å²) >= 11 is 0. The molecule has 0 fully saturated rings. The van der Waals surface area contributed by atoms with Crippen molar-refractivity contribution in [1.82, 2.24) is 0 Å². The van der Waals surface area contributed by atoms with Crippen LogP contribution in [0.2, 0.25) is 0 Å². The molecule has 0 saturated heterocycles. The highest BCUT2D eigenvalue weighted by atomic mass is 16.1. The number of hydrogen-bond acceptors (Lipinski definition) is 4. The number of rotatable bonds is 2. The van der Waals surface area contributed by atoms with E-state index in [1.807, 2.05) is 30.3 Å². The zero-order valence-corrected chi connectivity index (χ0v) is 8.87. The lowest BCUT2D eigenvalue weighted by Gasteiger charge is -2.07. The highest BCUT2D eigenvalue weighted by Crippen LogP contribution is 2.16. The molecule has 3 rings (SSSR count). The molecule has 0 bridgehead atoms. The number of carbonyl (C=O) groups excluding carboxylic acids is 1. The third-order valence-electron chi connectivity index (χ3n) is 2.48. The normalized spacial score (nSPS) is 17.4. The van der Waals surface area contributed by atoms with Gasteiger partial charge in [-0.25, -0.2) is 4.99 Å². The Labute approximate surface area is 97.3 Å². The second kappa shape index (κ2) is 3.86. The molecule has 0 aromatic heterocycles. The van der Waals surface area contributed by atoms with E-state index < -0.39 is 0 Å². The van der Waals surface area contributed by atoms with Gasteiger partial charge in [-0.05, 0) is 5.56 Å². The molecule has 0 saturated carbocycles. The summed E-state index contributed by atoms with van der Waals surface area (Å²) in [5.41, 5.74) is 1.44. The van der Waals surface area contributed by atoms with Crippen molar-refractivity contribution in [3.05, 3.63) is 47.7 Å². The molecule has 1 aromatic carbocycles. The molecule has 0 N–H and O–H groups in total. The Kier molecular flexibility index (Phi) is 2.22. The lowest BCUT2D eigenvalue weighted by atomic mass is 10.1. The van der Waals surface area contributed by atoms with Gasteiger partial charge in [0.15, 0.2) is 5.84 Å². The number of hydrogen-bond donors (Lipinski definition) is 0. The van der Waals surface area contributed by atoms with Crippen LogP contribution >= 0.6 is 0 Å². The highest BCUT2D eigenvalue weighted by Gasteiger charge is 2.24. The van der Waals surface area contributed by atoms with E-state index in [4.69, 9.17) is 0 Å². The standard InChI is InChI=1S/C12H8N4O/c17-12-9-7-13-16-11(9)14-10(15-12)6-8-4-2-1-3-5-8/h1-5,7H,6H2. The van der Waals surface area contributed by atoms with E-state index in [0.717, 1.165) is 5.56 Å². The molecule has 2 aliphatic rings. The topological polar surface area (TPSA) is 66.5 Å². The maximum absolute atomic E-state index is 11.6. The summed E-state index contributed by atoms with van der Waals surface area (Å²) in [7, 11) is 0. The van der Waals surface area contributed by atoms with E-state index in [2.05, 4.69) is 20.2 Å². The van der Waals surface area contributed by atoms with E-state index in [0.29, 0.717) is 23.7 Å². The molecule has 0 spiro atoms. The van der Waals surface area contributed by atoms with Gasteiger partial charge in [0.25, 0.3) is 5.91 Å². The number of amidine groups is 2. The number of benzene rings is 1. The molecule has 0 aliphatic carbocycles. The van der Waals surface area contributed by atoms with Gasteiger partial charge in [-0.2, -0.15) is 10.1 Å². The van der Waals surface area contributed by atoms with Crippen LogP contribution in [0.15, 0.2) is 62.3 Å². The Morgan fingerprint density at radius 2 is 1.88 bits per heavy atom. The first-order valence-corrected chi connectivity index (χ1v) is 5.19. The van der Waals surface area contributed by atoms with Crippen molar-refractivity contribution in [1.29, 1.82) is 0 Å². The van der Waals surface area contributed by atoms with Crippen LogP contribution in [0, 0.1) is 0 Å². The van der Waals surface area contributed by atoms with E-state index in [1.54, 1.807) is 0 Å². The maximum Gasteiger partial charge on any atom is 0.284 e. The first-order valence-electron chi connectivity index (χ1n) is 5.19. The van der Waals surface area contributed by atoms with Crippen molar-refractivity contribution in [3.8, 4) is 0 Å². The van der Waals surface area contributed by atoms with Crippen LogP contribution < -0.4 is 0 Å². The summed E-state index contributed by atoms with van der Waals surface area (Å²) in [6, 6.07) is 9.75. The molecule has 0 atom stereocenters.